The standard InChI is InChI=1S/C17H22N2/c1-12-6-4-9-15(10-12)19-16(11-18)17-13(2)7-5-8-14(17)3/h4-10,16,19H,11,18H2,1-3H3. The smallest absolute Gasteiger partial charge is 0.0641 e. The summed E-state index contributed by atoms with van der Waals surface area (Å²) in [6.45, 7) is 6.97. The van der Waals surface area contributed by atoms with Crippen molar-refractivity contribution in [3.05, 3.63) is 64.7 Å². The van der Waals surface area contributed by atoms with Crippen molar-refractivity contribution in [3.8, 4) is 0 Å². The highest BCUT2D eigenvalue weighted by molar-refractivity contribution is 5.49. The fourth-order valence-electron chi connectivity index (χ4n) is 2.56. The molecule has 0 bridgehead atoms. The van der Waals surface area contributed by atoms with Gasteiger partial charge in [-0.25, -0.2) is 0 Å². The van der Waals surface area contributed by atoms with Crippen LogP contribution in [0, 0.1) is 20.8 Å². The van der Waals surface area contributed by atoms with E-state index in [9.17, 15) is 0 Å². The van der Waals surface area contributed by atoms with E-state index in [2.05, 4.69) is 68.6 Å². The first-order valence-electron chi connectivity index (χ1n) is 6.71. The van der Waals surface area contributed by atoms with Crippen molar-refractivity contribution < 1.29 is 0 Å². The van der Waals surface area contributed by atoms with Crippen LogP contribution in [-0.2, 0) is 0 Å². The number of nitrogens with two attached hydrogens (primary N) is 1. The molecule has 0 aliphatic rings. The molecule has 2 aromatic carbocycles. The SMILES string of the molecule is Cc1cccc(NC(CN)c2c(C)cccc2C)c1. The predicted octanol–water partition coefficient (Wildman–Crippen LogP) is 3.72. The van der Waals surface area contributed by atoms with Gasteiger partial charge in [0.15, 0.2) is 0 Å². The molecule has 1 atom stereocenters. The largest absolute Gasteiger partial charge is 0.377 e. The molecule has 1 unspecified atom stereocenters. The Kier molecular flexibility index (Phi) is 4.23. The fourth-order valence-corrected chi connectivity index (χ4v) is 2.56. The van der Waals surface area contributed by atoms with Gasteiger partial charge in [-0.15, -0.1) is 0 Å². The number of hydrogen-bond donors (Lipinski definition) is 2. The molecule has 0 saturated heterocycles. The van der Waals surface area contributed by atoms with E-state index in [0.717, 1.165) is 5.69 Å². The highest BCUT2D eigenvalue weighted by Gasteiger charge is 2.14. The lowest BCUT2D eigenvalue weighted by Crippen LogP contribution is -2.22. The Hall–Kier alpha value is -1.80. The molecule has 2 nitrogen and oxygen atoms in total. The third-order valence-electron chi connectivity index (χ3n) is 3.49. The first kappa shape index (κ1) is 13.6. The molecule has 2 aromatic rings. The quantitative estimate of drug-likeness (QED) is 0.872. The third-order valence-corrected chi connectivity index (χ3v) is 3.49. The van der Waals surface area contributed by atoms with E-state index >= 15 is 0 Å². The zero-order valence-corrected chi connectivity index (χ0v) is 11.9. The first-order chi connectivity index (χ1) is 9.11. The van der Waals surface area contributed by atoms with Crippen LogP contribution in [-0.4, -0.2) is 6.54 Å². The minimum atomic E-state index is 0.156. The maximum atomic E-state index is 5.97. The summed E-state index contributed by atoms with van der Waals surface area (Å²) in [5.74, 6) is 0. The summed E-state index contributed by atoms with van der Waals surface area (Å²) in [4.78, 5) is 0. The molecule has 0 aliphatic heterocycles. The maximum Gasteiger partial charge on any atom is 0.0641 e. The Morgan fingerprint density at radius 1 is 1.00 bits per heavy atom. The third kappa shape index (κ3) is 3.15. The van der Waals surface area contributed by atoms with E-state index in [0.29, 0.717) is 6.54 Å². The molecule has 0 radical (unpaired) electrons. The molecule has 2 rings (SSSR count). The van der Waals surface area contributed by atoms with Gasteiger partial charge in [-0.3, -0.25) is 0 Å². The second-order valence-corrected chi connectivity index (χ2v) is 5.11. The molecular formula is C17H22N2. The Morgan fingerprint density at radius 3 is 2.21 bits per heavy atom. The zero-order chi connectivity index (χ0) is 13.8. The van der Waals surface area contributed by atoms with Gasteiger partial charge in [0, 0.05) is 12.2 Å². The zero-order valence-electron chi connectivity index (χ0n) is 11.9. The van der Waals surface area contributed by atoms with Crippen molar-refractivity contribution in [2.24, 2.45) is 5.73 Å². The Bertz CT molecular complexity index is 541. The summed E-state index contributed by atoms with van der Waals surface area (Å²) in [7, 11) is 0. The van der Waals surface area contributed by atoms with Gasteiger partial charge in [0.1, 0.15) is 0 Å². The minimum absolute atomic E-state index is 0.156. The van der Waals surface area contributed by atoms with Gasteiger partial charge in [-0.1, -0.05) is 30.3 Å². The van der Waals surface area contributed by atoms with E-state index in [-0.39, 0.29) is 6.04 Å². The van der Waals surface area contributed by atoms with Crippen molar-refractivity contribution in [3.63, 3.8) is 0 Å². The van der Waals surface area contributed by atoms with Crippen LogP contribution in [0.1, 0.15) is 28.3 Å². The molecule has 0 spiro atoms. The molecule has 100 valence electrons. The average molecular weight is 254 g/mol. The van der Waals surface area contributed by atoms with Crippen LogP contribution in [0.15, 0.2) is 42.5 Å². The minimum Gasteiger partial charge on any atom is -0.377 e. The van der Waals surface area contributed by atoms with Crippen LogP contribution < -0.4 is 11.1 Å². The lowest BCUT2D eigenvalue weighted by Gasteiger charge is -2.22. The van der Waals surface area contributed by atoms with Crippen molar-refractivity contribution >= 4 is 5.69 Å². The summed E-state index contributed by atoms with van der Waals surface area (Å²) in [6.07, 6.45) is 0. The molecule has 3 N–H and O–H groups in total. The van der Waals surface area contributed by atoms with E-state index < -0.39 is 0 Å². The number of hydrogen-bond acceptors (Lipinski definition) is 2. The molecule has 0 heterocycles. The summed E-state index contributed by atoms with van der Waals surface area (Å²) >= 11 is 0. The maximum absolute atomic E-state index is 5.97. The van der Waals surface area contributed by atoms with Gasteiger partial charge in [0.05, 0.1) is 6.04 Å². The number of benzene rings is 2. The summed E-state index contributed by atoms with van der Waals surface area (Å²) in [5, 5.41) is 3.54. The van der Waals surface area contributed by atoms with Crippen LogP contribution in [0.4, 0.5) is 5.69 Å². The van der Waals surface area contributed by atoms with Crippen molar-refractivity contribution in [1.29, 1.82) is 0 Å². The van der Waals surface area contributed by atoms with Gasteiger partial charge in [0.25, 0.3) is 0 Å². The lowest BCUT2D eigenvalue weighted by atomic mass is 9.96. The molecule has 0 saturated carbocycles. The molecule has 0 fully saturated rings. The highest BCUT2D eigenvalue weighted by atomic mass is 14.9. The molecule has 0 amide bonds. The summed E-state index contributed by atoms with van der Waals surface area (Å²) in [6, 6.07) is 14.9. The summed E-state index contributed by atoms with van der Waals surface area (Å²) < 4.78 is 0. The Balaban J connectivity index is 2.30. The number of aryl methyl sites for hydroxylation is 3. The molecule has 2 heteroatoms. The molecule has 19 heavy (non-hydrogen) atoms. The number of rotatable bonds is 4. The molecule has 0 aromatic heterocycles. The highest BCUT2D eigenvalue weighted by Crippen LogP contribution is 2.25. The van der Waals surface area contributed by atoms with Crippen LogP contribution in [0.2, 0.25) is 0 Å². The number of nitrogens with one attached hydrogen (secondary N) is 1. The van der Waals surface area contributed by atoms with Gasteiger partial charge in [-0.05, 0) is 55.2 Å². The Labute approximate surface area is 115 Å². The van der Waals surface area contributed by atoms with Crippen LogP contribution in [0.5, 0.6) is 0 Å². The van der Waals surface area contributed by atoms with E-state index in [4.69, 9.17) is 5.73 Å². The van der Waals surface area contributed by atoms with E-state index in [1.807, 2.05) is 0 Å². The van der Waals surface area contributed by atoms with Crippen LogP contribution in [0.25, 0.3) is 0 Å². The Morgan fingerprint density at radius 2 is 1.63 bits per heavy atom. The van der Waals surface area contributed by atoms with Gasteiger partial charge in [-0.2, -0.15) is 0 Å². The number of anilines is 1. The van der Waals surface area contributed by atoms with E-state index in [1.54, 1.807) is 0 Å². The van der Waals surface area contributed by atoms with Crippen molar-refractivity contribution in [2.45, 2.75) is 26.8 Å². The van der Waals surface area contributed by atoms with Crippen molar-refractivity contribution in [2.75, 3.05) is 11.9 Å². The normalized spacial score (nSPS) is 12.2. The van der Waals surface area contributed by atoms with Crippen LogP contribution >= 0.6 is 0 Å². The predicted molar refractivity (Wildman–Crippen MR) is 82.5 cm³/mol. The van der Waals surface area contributed by atoms with Gasteiger partial charge in [0.2, 0.25) is 0 Å². The monoisotopic (exact) mass is 254 g/mol. The second kappa shape index (κ2) is 5.89. The topological polar surface area (TPSA) is 38.0 Å². The van der Waals surface area contributed by atoms with Crippen LogP contribution in [0.3, 0.4) is 0 Å². The lowest BCUT2D eigenvalue weighted by molar-refractivity contribution is 0.777. The van der Waals surface area contributed by atoms with Crippen molar-refractivity contribution in [1.82, 2.24) is 0 Å². The first-order valence-corrected chi connectivity index (χ1v) is 6.71. The average Bonchev–Trinajstić information content (AvgIpc) is 2.37. The molecule has 0 aliphatic carbocycles. The van der Waals surface area contributed by atoms with Gasteiger partial charge >= 0.3 is 0 Å². The van der Waals surface area contributed by atoms with E-state index in [1.165, 1.54) is 22.3 Å². The second-order valence-electron chi connectivity index (χ2n) is 5.11. The fraction of sp³-hybridized carbons (Fsp3) is 0.294. The molecular weight excluding hydrogens is 232 g/mol. The van der Waals surface area contributed by atoms with Gasteiger partial charge < -0.3 is 11.1 Å². The summed E-state index contributed by atoms with van der Waals surface area (Å²) in [5.41, 5.74) is 12.2.